The quantitative estimate of drug-likeness (QED) is 0.244. The number of pyridine rings is 1. The van der Waals surface area contributed by atoms with Gasteiger partial charge in [0.25, 0.3) is 10.0 Å². The van der Waals surface area contributed by atoms with Crippen LogP contribution in [0, 0.1) is 11.6 Å². The standard InChI is InChI=1S/C30H31ClF2N6O4S/c1-39(22-15-43-16-22)21-6-4-20(5-7-21)36-30-35-13-18-11-17(3-9-24(18)37-30)27-23(32)8-10-25(28(27)33)38-44(40,41)26-12-19(31)14-34-29(26)42-2/h3,8-14,20-22,38H,4-7,15-16H2,1-2H3,(H,35,36,37). The molecule has 14 heteroatoms. The molecule has 2 aromatic carbocycles. The summed E-state index contributed by atoms with van der Waals surface area (Å²) in [5.41, 5.74) is -0.0658. The van der Waals surface area contributed by atoms with Crippen LogP contribution in [0.2, 0.25) is 5.02 Å². The first kappa shape index (κ1) is 30.4. The highest BCUT2D eigenvalue weighted by Crippen LogP contribution is 2.35. The zero-order chi connectivity index (χ0) is 31.0. The number of fused-ring (bicyclic) bond motifs is 1. The first-order valence-electron chi connectivity index (χ1n) is 14.2. The lowest BCUT2D eigenvalue weighted by atomic mass is 9.89. The van der Waals surface area contributed by atoms with Crippen molar-refractivity contribution >= 4 is 44.2 Å². The maximum absolute atomic E-state index is 15.7. The fraction of sp³-hybridized carbons (Fsp3) is 0.367. The molecule has 0 spiro atoms. The van der Waals surface area contributed by atoms with Gasteiger partial charge in [-0.05, 0) is 68.6 Å². The molecule has 6 rings (SSSR count). The van der Waals surface area contributed by atoms with Gasteiger partial charge in [-0.25, -0.2) is 32.2 Å². The highest BCUT2D eigenvalue weighted by Gasteiger charge is 2.31. The molecular weight excluding hydrogens is 614 g/mol. The number of nitrogens with one attached hydrogen (secondary N) is 2. The summed E-state index contributed by atoms with van der Waals surface area (Å²) in [6, 6.07) is 9.19. The first-order valence-corrected chi connectivity index (χ1v) is 16.0. The summed E-state index contributed by atoms with van der Waals surface area (Å²) in [6.07, 6.45) is 6.99. The number of ether oxygens (including phenoxy) is 2. The number of likely N-dealkylation sites (N-methyl/N-ethyl adjacent to an activating group) is 1. The minimum absolute atomic E-state index is 0.0403. The van der Waals surface area contributed by atoms with Crippen LogP contribution in [-0.2, 0) is 14.8 Å². The Labute approximate surface area is 258 Å². The molecule has 1 aliphatic carbocycles. The van der Waals surface area contributed by atoms with Gasteiger partial charge in [0.15, 0.2) is 10.7 Å². The zero-order valence-corrected chi connectivity index (χ0v) is 25.6. The molecular formula is C30H31ClF2N6O4S. The van der Waals surface area contributed by atoms with Crippen molar-refractivity contribution in [2.75, 3.05) is 37.4 Å². The minimum Gasteiger partial charge on any atom is -0.480 e. The molecule has 44 heavy (non-hydrogen) atoms. The molecule has 0 unspecified atom stereocenters. The molecule has 4 aromatic rings. The second-order valence-corrected chi connectivity index (χ2v) is 13.1. The predicted molar refractivity (Wildman–Crippen MR) is 164 cm³/mol. The molecule has 10 nitrogen and oxygen atoms in total. The second kappa shape index (κ2) is 12.4. The Morgan fingerprint density at radius 2 is 1.80 bits per heavy atom. The summed E-state index contributed by atoms with van der Waals surface area (Å²) in [5, 5.41) is 4.05. The van der Waals surface area contributed by atoms with E-state index in [4.69, 9.17) is 21.1 Å². The molecule has 1 aliphatic heterocycles. The van der Waals surface area contributed by atoms with Gasteiger partial charge in [-0.15, -0.1) is 0 Å². The van der Waals surface area contributed by atoms with Crippen LogP contribution in [-0.4, -0.2) is 73.8 Å². The summed E-state index contributed by atoms with van der Waals surface area (Å²) in [7, 11) is -0.977. The van der Waals surface area contributed by atoms with E-state index in [-0.39, 0.29) is 22.5 Å². The van der Waals surface area contributed by atoms with Gasteiger partial charge in [0.2, 0.25) is 11.8 Å². The van der Waals surface area contributed by atoms with Gasteiger partial charge in [-0.2, -0.15) is 0 Å². The van der Waals surface area contributed by atoms with Gasteiger partial charge in [-0.1, -0.05) is 17.7 Å². The lowest BCUT2D eigenvalue weighted by molar-refractivity contribution is -0.0736. The van der Waals surface area contributed by atoms with Crippen LogP contribution >= 0.6 is 11.6 Å². The molecule has 3 heterocycles. The van der Waals surface area contributed by atoms with Crippen LogP contribution in [0.1, 0.15) is 25.7 Å². The average molecular weight is 645 g/mol. The number of nitrogens with zero attached hydrogens (tertiary/aromatic N) is 4. The summed E-state index contributed by atoms with van der Waals surface area (Å²) in [5.74, 6) is -1.69. The number of aromatic nitrogens is 3. The molecule has 0 bridgehead atoms. The van der Waals surface area contributed by atoms with Crippen molar-refractivity contribution in [3.8, 4) is 17.0 Å². The summed E-state index contributed by atoms with van der Waals surface area (Å²) in [6.45, 7) is 1.62. The van der Waals surface area contributed by atoms with Crippen molar-refractivity contribution in [3.63, 3.8) is 0 Å². The lowest BCUT2D eigenvalue weighted by Gasteiger charge is -2.42. The van der Waals surface area contributed by atoms with Crippen LogP contribution in [0.3, 0.4) is 0 Å². The largest absolute Gasteiger partial charge is 0.480 e. The van der Waals surface area contributed by atoms with Gasteiger partial charge in [0.05, 0.1) is 48.2 Å². The average Bonchev–Trinajstić information content (AvgIpc) is 2.98. The van der Waals surface area contributed by atoms with Crippen LogP contribution in [0.4, 0.5) is 20.4 Å². The molecule has 2 fully saturated rings. The SMILES string of the molecule is COc1ncc(Cl)cc1S(=O)(=O)Nc1ccc(F)c(-c2ccc3nc(NC4CCC(N(C)C5COC5)CC4)ncc3c2)c1F. The van der Waals surface area contributed by atoms with Gasteiger partial charge in [0.1, 0.15) is 5.82 Å². The number of halogens is 3. The summed E-state index contributed by atoms with van der Waals surface area (Å²) in [4.78, 5) is 15.0. The lowest BCUT2D eigenvalue weighted by Crippen LogP contribution is -2.52. The van der Waals surface area contributed by atoms with Crippen molar-refractivity contribution in [2.24, 2.45) is 0 Å². The van der Waals surface area contributed by atoms with Crippen molar-refractivity contribution in [2.45, 2.75) is 48.7 Å². The molecule has 2 aliphatic rings. The van der Waals surface area contributed by atoms with Crippen LogP contribution in [0.25, 0.3) is 22.0 Å². The third kappa shape index (κ3) is 6.14. The molecule has 2 aromatic heterocycles. The second-order valence-electron chi connectivity index (χ2n) is 11.0. The molecule has 1 saturated carbocycles. The molecule has 232 valence electrons. The first-order chi connectivity index (χ1) is 21.1. The number of hydrogen-bond acceptors (Lipinski definition) is 9. The molecule has 2 N–H and O–H groups in total. The number of rotatable bonds is 9. The Hall–Kier alpha value is -3.65. The van der Waals surface area contributed by atoms with E-state index in [9.17, 15) is 12.8 Å². The van der Waals surface area contributed by atoms with E-state index in [1.54, 1.807) is 18.3 Å². The maximum atomic E-state index is 15.7. The highest BCUT2D eigenvalue weighted by molar-refractivity contribution is 7.92. The number of anilines is 2. The molecule has 0 radical (unpaired) electrons. The van der Waals surface area contributed by atoms with Crippen molar-refractivity contribution in [1.29, 1.82) is 0 Å². The summed E-state index contributed by atoms with van der Waals surface area (Å²) < 4.78 is 69.4. The van der Waals surface area contributed by atoms with E-state index >= 15 is 4.39 Å². The Balaban J connectivity index is 1.19. The van der Waals surface area contributed by atoms with Gasteiger partial charge in [-0.3, -0.25) is 9.62 Å². The van der Waals surface area contributed by atoms with Gasteiger partial charge >= 0.3 is 0 Å². The third-order valence-corrected chi connectivity index (χ3v) is 9.84. The third-order valence-electron chi connectivity index (χ3n) is 8.27. The van der Waals surface area contributed by atoms with E-state index in [2.05, 4.69) is 36.9 Å². The van der Waals surface area contributed by atoms with Crippen LogP contribution in [0.5, 0.6) is 5.88 Å². The predicted octanol–water partition coefficient (Wildman–Crippen LogP) is 5.49. The van der Waals surface area contributed by atoms with Gasteiger partial charge < -0.3 is 14.8 Å². The fourth-order valence-corrected chi connectivity index (χ4v) is 7.10. The smallest absolute Gasteiger partial charge is 0.267 e. The maximum Gasteiger partial charge on any atom is 0.267 e. The van der Waals surface area contributed by atoms with E-state index in [0.29, 0.717) is 28.9 Å². The van der Waals surface area contributed by atoms with E-state index in [0.717, 1.165) is 57.1 Å². The van der Waals surface area contributed by atoms with Crippen LogP contribution < -0.4 is 14.8 Å². The molecule has 0 amide bonds. The van der Waals surface area contributed by atoms with E-state index in [1.807, 2.05) is 0 Å². The van der Waals surface area contributed by atoms with Gasteiger partial charge in [0, 0.05) is 29.9 Å². The summed E-state index contributed by atoms with van der Waals surface area (Å²) >= 11 is 5.92. The fourth-order valence-electron chi connectivity index (χ4n) is 5.67. The Morgan fingerprint density at radius 3 is 2.50 bits per heavy atom. The minimum atomic E-state index is -4.39. The van der Waals surface area contributed by atoms with Crippen molar-refractivity contribution < 1.29 is 26.7 Å². The highest BCUT2D eigenvalue weighted by atomic mass is 35.5. The number of hydrogen-bond donors (Lipinski definition) is 2. The van der Waals surface area contributed by atoms with Crippen LogP contribution in [0.15, 0.2) is 53.7 Å². The van der Waals surface area contributed by atoms with E-state index < -0.39 is 37.8 Å². The Kier molecular flexibility index (Phi) is 8.55. The molecule has 0 atom stereocenters. The number of methoxy groups -OCH3 is 1. The Bertz CT molecular complexity index is 1800. The molecule has 1 saturated heterocycles. The Morgan fingerprint density at radius 1 is 1.02 bits per heavy atom. The van der Waals surface area contributed by atoms with Crippen molar-refractivity contribution in [3.05, 3.63) is 65.4 Å². The van der Waals surface area contributed by atoms with E-state index in [1.165, 1.54) is 19.4 Å². The topological polar surface area (TPSA) is 119 Å². The normalized spacial score (nSPS) is 19.1. The van der Waals surface area contributed by atoms with Crippen molar-refractivity contribution in [1.82, 2.24) is 19.9 Å². The zero-order valence-electron chi connectivity index (χ0n) is 24.1. The number of sulfonamides is 1. The number of benzene rings is 2. The monoisotopic (exact) mass is 644 g/mol.